The number of rotatable bonds is 4. The van der Waals surface area contributed by atoms with Crippen molar-refractivity contribution in [2.24, 2.45) is 0 Å². The molecule has 0 bridgehead atoms. The van der Waals surface area contributed by atoms with Gasteiger partial charge in [0.1, 0.15) is 0 Å². The fourth-order valence-electron chi connectivity index (χ4n) is 2.69. The fourth-order valence-corrected chi connectivity index (χ4v) is 2.69. The van der Waals surface area contributed by atoms with E-state index in [2.05, 4.69) is 17.3 Å². The second-order valence-electron chi connectivity index (χ2n) is 4.81. The van der Waals surface area contributed by atoms with Crippen molar-refractivity contribution in [2.45, 2.75) is 39.2 Å². The average molecular weight is 237 g/mol. The Balaban J connectivity index is 2.41. The van der Waals surface area contributed by atoms with Crippen molar-refractivity contribution in [3.8, 4) is 0 Å². The molecule has 0 unspecified atom stereocenters. The van der Waals surface area contributed by atoms with Crippen LogP contribution in [-0.4, -0.2) is 33.9 Å². The predicted molar refractivity (Wildman–Crippen MR) is 64.2 cm³/mol. The first-order chi connectivity index (χ1) is 8.00. The molecule has 5 nitrogen and oxygen atoms in total. The van der Waals surface area contributed by atoms with Crippen LogP contribution in [0.2, 0.25) is 0 Å². The molecule has 1 saturated heterocycles. The highest BCUT2D eigenvalue weighted by Crippen LogP contribution is 2.29. The Labute approximate surface area is 101 Å². The molecule has 0 atom stereocenters. The number of hydrogen-bond acceptors (Lipinski definition) is 3. The van der Waals surface area contributed by atoms with E-state index in [1.807, 2.05) is 18.5 Å². The molecule has 0 amide bonds. The molecule has 2 rings (SSSR count). The predicted octanol–water partition coefficient (Wildman–Crippen LogP) is 0.836. The van der Waals surface area contributed by atoms with Crippen molar-refractivity contribution in [3.05, 3.63) is 17.0 Å². The van der Waals surface area contributed by atoms with Gasteiger partial charge in [0.25, 0.3) is 0 Å². The molecule has 1 aromatic rings. The number of aryl methyl sites for hydroxylation is 1. The standard InChI is InChI=1S/C12H19N3O2/c1-4-10-8(2)14-15(9(10)3)12(5-11(16)17)6-13-7-12/h13H,4-7H2,1-3H3,(H,16,17). The highest BCUT2D eigenvalue weighted by atomic mass is 16.4. The van der Waals surface area contributed by atoms with E-state index in [4.69, 9.17) is 5.11 Å². The van der Waals surface area contributed by atoms with E-state index >= 15 is 0 Å². The summed E-state index contributed by atoms with van der Waals surface area (Å²) in [6, 6.07) is 0. The molecule has 1 aromatic heterocycles. The van der Waals surface area contributed by atoms with Crippen LogP contribution >= 0.6 is 0 Å². The van der Waals surface area contributed by atoms with Gasteiger partial charge in [-0.05, 0) is 25.8 Å². The number of carboxylic acids is 1. The molecule has 17 heavy (non-hydrogen) atoms. The summed E-state index contributed by atoms with van der Waals surface area (Å²) in [5, 5.41) is 16.7. The van der Waals surface area contributed by atoms with E-state index in [1.54, 1.807) is 0 Å². The highest BCUT2D eigenvalue weighted by Gasteiger charge is 2.43. The van der Waals surface area contributed by atoms with Crippen LogP contribution in [0.4, 0.5) is 0 Å². The summed E-state index contributed by atoms with van der Waals surface area (Å²) in [4.78, 5) is 11.0. The third kappa shape index (κ3) is 1.84. The zero-order chi connectivity index (χ0) is 12.6. The maximum absolute atomic E-state index is 11.0. The Bertz CT molecular complexity index is 447. The SMILES string of the molecule is CCc1c(C)nn(C2(CC(=O)O)CNC2)c1C. The van der Waals surface area contributed by atoms with Crippen LogP contribution in [-0.2, 0) is 16.8 Å². The number of nitrogens with one attached hydrogen (secondary N) is 1. The summed E-state index contributed by atoms with van der Waals surface area (Å²) in [6.07, 6.45) is 1.07. The molecule has 1 aliphatic heterocycles. The molecular formula is C12H19N3O2. The fraction of sp³-hybridized carbons (Fsp3) is 0.667. The first-order valence-corrected chi connectivity index (χ1v) is 5.98. The van der Waals surface area contributed by atoms with E-state index in [1.165, 1.54) is 5.56 Å². The maximum Gasteiger partial charge on any atom is 0.305 e. The lowest BCUT2D eigenvalue weighted by Gasteiger charge is -2.42. The van der Waals surface area contributed by atoms with Gasteiger partial charge in [0.2, 0.25) is 0 Å². The van der Waals surface area contributed by atoms with Crippen molar-refractivity contribution in [1.29, 1.82) is 0 Å². The van der Waals surface area contributed by atoms with Gasteiger partial charge in [-0.15, -0.1) is 0 Å². The van der Waals surface area contributed by atoms with E-state index in [9.17, 15) is 4.79 Å². The maximum atomic E-state index is 11.0. The van der Waals surface area contributed by atoms with Gasteiger partial charge in [-0.25, -0.2) is 0 Å². The van der Waals surface area contributed by atoms with Gasteiger partial charge in [0, 0.05) is 18.8 Å². The molecule has 1 aliphatic rings. The number of aromatic nitrogens is 2. The minimum atomic E-state index is -0.767. The zero-order valence-electron chi connectivity index (χ0n) is 10.6. The van der Waals surface area contributed by atoms with Crippen molar-refractivity contribution in [3.63, 3.8) is 0 Å². The smallest absolute Gasteiger partial charge is 0.305 e. The van der Waals surface area contributed by atoms with Gasteiger partial charge in [-0.3, -0.25) is 9.48 Å². The molecule has 0 aliphatic carbocycles. The second kappa shape index (κ2) is 4.14. The molecular weight excluding hydrogens is 218 g/mol. The van der Waals surface area contributed by atoms with Crippen molar-refractivity contribution in [1.82, 2.24) is 15.1 Å². The van der Waals surface area contributed by atoms with E-state index < -0.39 is 5.97 Å². The highest BCUT2D eigenvalue weighted by molar-refractivity contribution is 5.68. The number of aliphatic carboxylic acids is 1. The Morgan fingerprint density at radius 3 is 2.53 bits per heavy atom. The van der Waals surface area contributed by atoms with E-state index in [0.29, 0.717) is 13.1 Å². The minimum absolute atomic E-state index is 0.130. The van der Waals surface area contributed by atoms with Crippen LogP contribution in [0.1, 0.15) is 30.3 Å². The summed E-state index contributed by atoms with van der Waals surface area (Å²) < 4.78 is 1.92. The molecule has 94 valence electrons. The van der Waals surface area contributed by atoms with Gasteiger partial charge in [-0.2, -0.15) is 5.10 Å². The minimum Gasteiger partial charge on any atom is -0.481 e. The Hall–Kier alpha value is -1.36. The van der Waals surface area contributed by atoms with Gasteiger partial charge in [0.15, 0.2) is 0 Å². The lowest BCUT2D eigenvalue weighted by molar-refractivity contribution is -0.140. The largest absolute Gasteiger partial charge is 0.481 e. The molecule has 0 radical (unpaired) electrons. The number of nitrogens with zero attached hydrogens (tertiary/aromatic N) is 2. The topological polar surface area (TPSA) is 67.2 Å². The normalized spacial score (nSPS) is 17.8. The van der Waals surface area contributed by atoms with E-state index in [0.717, 1.165) is 17.8 Å². The summed E-state index contributed by atoms with van der Waals surface area (Å²) in [7, 11) is 0. The molecule has 2 heterocycles. The Kier molecular flexibility index (Phi) is 2.95. The third-order valence-electron chi connectivity index (χ3n) is 3.63. The summed E-state index contributed by atoms with van der Waals surface area (Å²) in [5.74, 6) is -0.767. The van der Waals surface area contributed by atoms with Crippen LogP contribution < -0.4 is 5.32 Å². The van der Waals surface area contributed by atoms with Gasteiger partial charge in [-0.1, -0.05) is 6.92 Å². The van der Waals surface area contributed by atoms with Crippen LogP contribution in [0.5, 0.6) is 0 Å². The quantitative estimate of drug-likeness (QED) is 0.814. The van der Waals surface area contributed by atoms with Crippen molar-refractivity contribution in [2.75, 3.05) is 13.1 Å². The monoisotopic (exact) mass is 237 g/mol. The van der Waals surface area contributed by atoms with Gasteiger partial charge in [0.05, 0.1) is 17.7 Å². The molecule has 2 N–H and O–H groups in total. The Morgan fingerprint density at radius 1 is 1.53 bits per heavy atom. The second-order valence-corrected chi connectivity index (χ2v) is 4.81. The molecule has 5 heteroatoms. The molecule has 1 fully saturated rings. The number of hydrogen-bond donors (Lipinski definition) is 2. The summed E-state index contributed by atoms with van der Waals surface area (Å²) in [6.45, 7) is 7.49. The van der Waals surface area contributed by atoms with Crippen molar-refractivity contribution < 1.29 is 9.90 Å². The first-order valence-electron chi connectivity index (χ1n) is 5.98. The average Bonchev–Trinajstić information content (AvgIpc) is 2.48. The lowest BCUT2D eigenvalue weighted by atomic mass is 9.88. The van der Waals surface area contributed by atoms with Crippen molar-refractivity contribution >= 4 is 5.97 Å². The van der Waals surface area contributed by atoms with Crippen LogP contribution in [0, 0.1) is 13.8 Å². The molecule has 0 aromatic carbocycles. The van der Waals surface area contributed by atoms with Crippen LogP contribution in [0.25, 0.3) is 0 Å². The number of carbonyl (C=O) groups is 1. The Morgan fingerprint density at radius 2 is 2.18 bits per heavy atom. The van der Waals surface area contributed by atoms with Gasteiger partial charge < -0.3 is 10.4 Å². The first kappa shape index (κ1) is 12.1. The summed E-state index contributed by atoms with van der Waals surface area (Å²) in [5.41, 5.74) is 2.99. The number of carboxylic acid groups (broad SMARTS) is 1. The van der Waals surface area contributed by atoms with E-state index in [-0.39, 0.29) is 12.0 Å². The molecule has 0 spiro atoms. The van der Waals surface area contributed by atoms with Crippen LogP contribution in [0.3, 0.4) is 0 Å². The zero-order valence-corrected chi connectivity index (χ0v) is 10.6. The summed E-state index contributed by atoms with van der Waals surface area (Å²) >= 11 is 0. The third-order valence-corrected chi connectivity index (χ3v) is 3.63. The van der Waals surface area contributed by atoms with Crippen LogP contribution in [0.15, 0.2) is 0 Å². The lowest BCUT2D eigenvalue weighted by Crippen LogP contribution is -2.62. The van der Waals surface area contributed by atoms with Gasteiger partial charge >= 0.3 is 5.97 Å². The molecule has 0 saturated carbocycles.